The van der Waals surface area contributed by atoms with E-state index >= 15 is 0 Å². The molecule has 1 nitrogen and oxygen atoms in total. The van der Waals surface area contributed by atoms with Crippen LogP contribution in [0.1, 0.15) is 38.5 Å². The molecule has 2 rings (SSSR count). The average Bonchev–Trinajstić information content (AvgIpc) is 2.51. The fraction of sp³-hybridized carbons (Fsp3) is 0.211. The fourth-order valence-corrected chi connectivity index (χ4v) is 2.89. The number of allylic oxidation sites excluding steroid dienone is 1. The van der Waals surface area contributed by atoms with Crippen molar-refractivity contribution in [3.05, 3.63) is 74.3 Å². The maximum atomic E-state index is 13.5. The molecule has 0 bridgehead atoms. The summed E-state index contributed by atoms with van der Waals surface area (Å²) in [6.45, 7) is 3.48. The van der Waals surface area contributed by atoms with Crippen LogP contribution in [0, 0.1) is 13.8 Å². The second-order valence-electron chi connectivity index (χ2n) is 5.72. The summed E-state index contributed by atoms with van der Waals surface area (Å²) in [6.07, 6.45) is -1.48. The lowest BCUT2D eigenvalue weighted by atomic mass is 9.94. The number of carbonyl (C=O) groups excluding carboxylic acids is 1. The van der Waals surface area contributed by atoms with Gasteiger partial charge in [0.1, 0.15) is 0 Å². The Kier molecular flexibility index (Phi) is 5.96. The first-order valence-corrected chi connectivity index (χ1v) is 8.15. The normalized spacial score (nSPS) is 13.2. The molecule has 25 heavy (non-hydrogen) atoms. The summed E-state index contributed by atoms with van der Waals surface area (Å²) < 4.78 is 40.5. The van der Waals surface area contributed by atoms with Gasteiger partial charge in [0.15, 0.2) is 6.29 Å². The molecule has 132 valence electrons. The Morgan fingerprint density at radius 2 is 1.72 bits per heavy atom. The quantitative estimate of drug-likeness (QED) is 0.529. The molecule has 0 aliphatic carbocycles. The van der Waals surface area contributed by atoms with Crippen LogP contribution >= 0.6 is 23.2 Å². The zero-order valence-corrected chi connectivity index (χ0v) is 15.0. The van der Waals surface area contributed by atoms with Gasteiger partial charge in [0.25, 0.3) is 0 Å². The highest BCUT2D eigenvalue weighted by molar-refractivity contribution is 6.33. The van der Waals surface area contributed by atoms with E-state index in [1.807, 2.05) is 0 Å². The van der Waals surface area contributed by atoms with E-state index in [9.17, 15) is 18.0 Å². The Bertz CT molecular complexity index is 803. The minimum atomic E-state index is -4.46. The van der Waals surface area contributed by atoms with Crippen LogP contribution in [-0.4, -0.2) is 12.5 Å². The van der Waals surface area contributed by atoms with Gasteiger partial charge in [-0.3, -0.25) is 4.79 Å². The van der Waals surface area contributed by atoms with Crippen LogP contribution < -0.4 is 0 Å². The summed E-state index contributed by atoms with van der Waals surface area (Å²) >= 11 is 11.9. The highest BCUT2D eigenvalue weighted by Crippen LogP contribution is 2.38. The molecule has 0 aliphatic heterocycles. The second kappa shape index (κ2) is 7.63. The van der Waals surface area contributed by atoms with E-state index in [1.165, 1.54) is 36.4 Å². The van der Waals surface area contributed by atoms with Crippen molar-refractivity contribution in [2.45, 2.75) is 25.9 Å². The Hall–Kier alpha value is -1.78. The van der Waals surface area contributed by atoms with Crippen molar-refractivity contribution >= 4 is 35.6 Å². The molecule has 6 heteroatoms. The largest absolute Gasteiger partial charge is 0.399 e. The van der Waals surface area contributed by atoms with Gasteiger partial charge in [0.2, 0.25) is 0 Å². The number of carbonyl (C=O) groups is 1. The topological polar surface area (TPSA) is 17.1 Å². The first kappa shape index (κ1) is 19.5. The lowest BCUT2D eigenvalue weighted by molar-refractivity contribution is -0.139. The van der Waals surface area contributed by atoms with Crippen LogP contribution in [0.25, 0.3) is 6.08 Å². The molecule has 2 aromatic carbocycles. The highest BCUT2D eigenvalue weighted by Gasteiger charge is 2.39. The molecule has 0 aromatic heterocycles. The van der Waals surface area contributed by atoms with Crippen LogP contribution in [0.4, 0.5) is 13.2 Å². The molecule has 0 N–H and O–H groups in total. The number of hydrogen-bond donors (Lipinski definition) is 0. The third-order valence-corrected chi connectivity index (χ3v) is 4.69. The lowest BCUT2D eigenvalue weighted by Crippen LogP contribution is -2.19. The molecule has 2 aromatic rings. The molecule has 0 amide bonds. The molecule has 0 heterocycles. The Morgan fingerprint density at radius 1 is 1.04 bits per heavy atom. The zero-order valence-electron chi connectivity index (χ0n) is 13.5. The third kappa shape index (κ3) is 4.65. The highest BCUT2D eigenvalue weighted by atomic mass is 35.5. The summed E-state index contributed by atoms with van der Waals surface area (Å²) in [5.41, 5.74) is 2.29. The van der Waals surface area contributed by atoms with E-state index in [1.54, 1.807) is 13.8 Å². The van der Waals surface area contributed by atoms with Crippen LogP contribution in [-0.2, 0) is 0 Å². The van der Waals surface area contributed by atoms with Crippen molar-refractivity contribution in [3.8, 4) is 0 Å². The van der Waals surface area contributed by atoms with E-state index in [-0.39, 0.29) is 16.1 Å². The Balaban J connectivity index is 2.43. The van der Waals surface area contributed by atoms with Gasteiger partial charge >= 0.3 is 6.18 Å². The molecule has 0 aliphatic rings. The van der Waals surface area contributed by atoms with Crippen molar-refractivity contribution in [1.82, 2.24) is 0 Å². The monoisotopic (exact) mass is 386 g/mol. The summed E-state index contributed by atoms with van der Waals surface area (Å²) in [7, 11) is 0. The molecule has 0 fully saturated rings. The molecular weight excluding hydrogens is 372 g/mol. The smallest absolute Gasteiger partial charge is 0.298 e. The first-order valence-electron chi connectivity index (χ1n) is 7.39. The molecular formula is C19H15Cl2F3O. The molecule has 0 radical (unpaired) electrons. The van der Waals surface area contributed by atoms with Crippen LogP contribution in [0.2, 0.25) is 10.0 Å². The van der Waals surface area contributed by atoms with Crippen LogP contribution in [0.5, 0.6) is 0 Å². The maximum Gasteiger partial charge on any atom is 0.399 e. The summed E-state index contributed by atoms with van der Waals surface area (Å²) in [5.74, 6) is -1.80. The van der Waals surface area contributed by atoms with E-state index in [0.29, 0.717) is 22.4 Å². The fourth-order valence-electron chi connectivity index (χ4n) is 2.38. The Morgan fingerprint density at radius 3 is 2.24 bits per heavy atom. The van der Waals surface area contributed by atoms with Gasteiger partial charge in [-0.05, 0) is 54.3 Å². The average molecular weight is 387 g/mol. The van der Waals surface area contributed by atoms with Crippen molar-refractivity contribution in [3.63, 3.8) is 0 Å². The van der Waals surface area contributed by atoms with Crippen molar-refractivity contribution in [2.24, 2.45) is 0 Å². The van der Waals surface area contributed by atoms with Gasteiger partial charge in [-0.2, -0.15) is 13.2 Å². The van der Waals surface area contributed by atoms with E-state index < -0.39 is 12.1 Å². The van der Waals surface area contributed by atoms with Gasteiger partial charge in [0, 0.05) is 10.6 Å². The van der Waals surface area contributed by atoms with E-state index in [2.05, 4.69) is 0 Å². The predicted octanol–water partition coefficient (Wildman–Crippen LogP) is 6.78. The standard InChI is InChI=1S/C19H15Cl2F3O/c1-11-7-15(9-17(20)12(11)2)16(19(22,23)24)6-4-13-3-5-14(10-25)18(21)8-13/h3-10,16H,1-2H3/b6-4+. The van der Waals surface area contributed by atoms with Crippen molar-refractivity contribution < 1.29 is 18.0 Å². The first-order chi connectivity index (χ1) is 11.6. The SMILES string of the molecule is Cc1cc(C(/C=C/c2ccc(C=O)c(Cl)c2)C(F)(F)F)cc(Cl)c1C. The van der Waals surface area contributed by atoms with Crippen molar-refractivity contribution in [2.75, 3.05) is 0 Å². The van der Waals surface area contributed by atoms with Crippen LogP contribution in [0.15, 0.2) is 36.4 Å². The molecule has 1 unspecified atom stereocenters. The molecule has 0 saturated heterocycles. The van der Waals surface area contributed by atoms with Gasteiger partial charge in [0.05, 0.1) is 10.9 Å². The number of alkyl halides is 3. The summed E-state index contributed by atoms with van der Waals surface area (Å²) in [5, 5.41) is 0.492. The number of benzene rings is 2. The lowest BCUT2D eigenvalue weighted by Gasteiger charge is -2.19. The number of hydrogen-bond acceptors (Lipinski definition) is 1. The van der Waals surface area contributed by atoms with Crippen LogP contribution in [0.3, 0.4) is 0 Å². The van der Waals surface area contributed by atoms with E-state index in [0.717, 1.165) is 11.6 Å². The number of aldehydes is 1. The van der Waals surface area contributed by atoms with Gasteiger partial charge in [-0.15, -0.1) is 0 Å². The van der Waals surface area contributed by atoms with Gasteiger partial charge in [-0.25, -0.2) is 0 Å². The number of rotatable bonds is 4. The Labute approximate surface area is 154 Å². The van der Waals surface area contributed by atoms with Crippen molar-refractivity contribution in [1.29, 1.82) is 0 Å². The number of halogens is 5. The molecule has 0 spiro atoms. The summed E-state index contributed by atoms with van der Waals surface area (Å²) in [6, 6.07) is 7.28. The second-order valence-corrected chi connectivity index (χ2v) is 6.54. The maximum absolute atomic E-state index is 13.5. The van der Waals surface area contributed by atoms with E-state index in [4.69, 9.17) is 23.2 Å². The van der Waals surface area contributed by atoms with Gasteiger partial charge in [-0.1, -0.05) is 47.5 Å². The minimum absolute atomic E-state index is 0.0764. The third-order valence-electron chi connectivity index (χ3n) is 3.97. The number of aryl methyl sites for hydroxylation is 1. The van der Waals surface area contributed by atoms with Gasteiger partial charge < -0.3 is 0 Å². The molecule has 1 atom stereocenters. The zero-order chi connectivity index (χ0) is 18.8. The molecule has 0 saturated carbocycles. The minimum Gasteiger partial charge on any atom is -0.298 e. The summed E-state index contributed by atoms with van der Waals surface area (Å²) in [4.78, 5) is 10.7. The predicted molar refractivity (Wildman–Crippen MR) is 95.6 cm³/mol.